The number of nitrogens with zero attached hydrogens (tertiary/aromatic N) is 1. The summed E-state index contributed by atoms with van der Waals surface area (Å²) in [7, 11) is 2.94. The third kappa shape index (κ3) is 4.79. The minimum Gasteiger partial charge on any atom is -0.484 e. The first-order valence-electron chi connectivity index (χ1n) is 6.24. The van der Waals surface area contributed by atoms with Gasteiger partial charge in [-0.15, -0.1) is 0 Å². The number of amides is 1. The van der Waals surface area contributed by atoms with Crippen LogP contribution in [0, 0.1) is 5.92 Å². The quantitative estimate of drug-likeness (QED) is 0.619. The van der Waals surface area contributed by atoms with E-state index in [0.717, 1.165) is 0 Å². The summed E-state index contributed by atoms with van der Waals surface area (Å²) in [6.07, 6.45) is 0. The van der Waals surface area contributed by atoms with Gasteiger partial charge in [0.1, 0.15) is 5.75 Å². The largest absolute Gasteiger partial charge is 0.484 e. The maximum Gasteiger partial charge on any atom is 0.310 e. The zero-order valence-corrected chi connectivity index (χ0v) is 12.0. The fourth-order valence-corrected chi connectivity index (χ4v) is 1.61. The average Bonchev–Trinajstić information content (AvgIpc) is 2.45. The predicted octanol–water partition coefficient (Wildman–Crippen LogP) is 0.915. The molecule has 0 heterocycles. The Hall–Kier alpha value is -2.24. The van der Waals surface area contributed by atoms with Crippen molar-refractivity contribution in [1.29, 1.82) is 0 Å². The van der Waals surface area contributed by atoms with Gasteiger partial charge in [0.2, 0.25) is 0 Å². The van der Waals surface area contributed by atoms with E-state index in [9.17, 15) is 9.59 Å². The van der Waals surface area contributed by atoms with E-state index >= 15 is 0 Å². The molecule has 0 fully saturated rings. The monoisotopic (exact) mass is 280 g/mol. The number of nitrogens with two attached hydrogens (primary N) is 1. The van der Waals surface area contributed by atoms with E-state index in [1.54, 1.807) is 38.2 Å². The van der Waals surface area contributed by atoms with Crippen LogP contribution < -0.4 is 10.5 Å². The summed E-state index contributed by atoms with van der Waals surface area (Å²) in [5, 5.41) is 0. The molecule has 0 aliphatic rings. The number of carbonyl (C=O) groups excluding carboxylic acids is 2. The molecule has 0 aliphatic carbocycles. The van der Waals surface area contributed by atoms with Gasteiger partial charge < -0.3 is 20.1 Å². The molecule has 0 spiro atoms. The highest BCUT2D eigenvalue weighted by molar-refractivity contribution is 5.79. The third-order valence-corrected chi connectivity index (χ3v) is 2.82. The fourth-order valence-electron chi connectivity index (χ4n) is 1.61. The first kappa shape index (κ1) is 15.8. The van der Waals surface area contributed by atoms with Crippen molar-refractivity contribution in [3.05, 3.63) is 24.3 Å². The first-order chi connectivity index (χ1) is 9.43. The molecular formula is C14H20N2O4. The van der Waals surface area contributed by atoms with Crippen LogP contribution >= 0.6 is 0 Å². The van der Waals surface area contributed by atoms with E-state index in [1.807, 2.05) is 0 Å². The van der Waals surface area contributed by atoms with Gasteiger partial charge in [0.05, 0.1) is 13.0 Å². The lowest BCUT2D eigenvalue weighted by Crippen LogP contribution is -2.36. The molecule has 0 aromatic heterocycles. The number of hydrogen-bond donors (Lipinski definition) is 1. The van der Waals surface area contributed by atoms with Crippen molar-refractivity contribution in [2.45, 2.75) is 6.92 Å². The summed E-state index contributed by atoms with van der Waals surface area (Å²) in [6, 6.07) is 6.78. The van der Waals surface area contributed by atoms with Crippen LogP contribution in [0.1, 0.15) is 6.92 Å². The van der Waals surface area contributed by atoms with Gasteiger partial charge in [-0.1, -0.05) is 6.92 Å². The predicted molar refractivity (Wildman–Crippen MR) is 75.2 cm³/mol. The molecule has 1 aromatic rings. The van der Waals surface area contributed by atoms with Crippen LogP contribution in [0.25, 0.3) is 0 Å². The number of anilines is 1. The van der Waals surface area contributed by atoms with Crippen molar-refractivity contribution in [2.75, 3.05) is 33.0 Å². The van der Waals surface area contributed by atoms with E-state index in [4.69, 9.17) is 10.5 Å². The Morgan fingerprint density at radius 1 is 1.30 bits per heavy atom. The highest BCUT2D eigenvalue weighted by Gasteiger charge is 2.18. The summed E-state index contributed by atoms with van der Waals surface area (Å²) >= 11 is 0. The standard InChI is InChI=1S/C14H20N2O4/c1-10(14(18)19-3)8-16(2)13(17)9-20-12-6-4-11(15)5-7-12/h4-7,10H,8-9,15H2,1-3H3. The van der Waals surface area contributed by atoms with E-state index in [-0.39, 0.29) is 30.9 Å². The lowest BCUT2D eigenvalue weighted by atomic mass is 10.2. The van der Waals surface area contributed by atoms with Crippen molar-refractivity contribution < 1.29 is 19.1 Å². The Balaban J connectivity index is 2.42. The topological polar surface area (TPSA) is 81.9 Å². The molecule has 6 heteroatoms. The Bertz CT molecular complexity index is 459. The van der Waals surface area contributed by atoms with Gasteiger partial charge in [-0.2, -0.15) is 0 Å². The lowest BCUT2D eigenvalue weighted by Gasteiger charge is -2.20. The lowest BCUT2D eigenvalue weighted by molar-refractivity contribution is -0.146. The zero-order chi connectivity index (χ0) is 15.1. The number of hydrogen-bond acceptors (Lipinski definition) is 5. The number of nitrogen functional groups attached to an aromatic ring is 1. The Morgan fingerprint density at radius 3 is 2.45 bits per heavy atom. The molecule has 6 nitrogen and oxygen atoms in total. The van der Waals surface area contributed by atoms with Crippen LogP contribution in [0.2, 0.25) is 0 Å². The van der Waals surface area contributed by atoms with E-state index < -0.39 is 0 Å². The molecule has 1 aromatic carbocycles. The highest BCUT2D eigenvalue weighted by atomic mass is 16.5. The second-order valence-electron chi connectivity index (χ2n) is 4.56. The summed E-state index contributed by atoms with van der Waals surface area (Å²) in [4.78, 5) is 24.6. The molecule has 0 radical (unpaired) electrons. The second kappa shape index (κ2) is 7.37. The molecule has 1 rings (SSSR count). The van der Waals surface area contributed by atoms with Crippen molar-refractivity contribution in [3.63, 3.8) is 0 Å². The van der Waals surface area contributed by atoms with Gasteiger partial charge in [-0.05, 0) is 24.3 Å². The molecule has 1 atom stereocenters. The molecule has 2 N–H and O–H groups in total. The average molecular weight is 280 g/mol. The van der Waals surface area contributed by atoms with E-state index in [1.165, 1.54) is 12.0 Å². The number of esters is 1. The summed E-state index contributed by atoms with van der Waals surface area (Å²) in [5.41, 5.74) is 6.18. The van der Waals surface area contributed by atoms with Gasteiger partial charge in [0.15, 0.2) is 6.61 Å². The Morgan fingerprint density at radius 2 is 1.90 bits per heavy atom. The SMILES string of the molecule is COC(=O)C(C)CN(C)C(=O)COc1ccc(N)cc1. The van der Waals surface area contributed by atoms with Crippen molar-refractivity contribution in [2.24, 2.45) is 5.92 Å². The van der Waals surface area contributed by atoms with Crippen LogP contribution in [-0.2, 0) is 14.3 Å². The minimum atomic E-state index is -0.370. The number of rotatable bonds is 6. The molecule has 0 saturated carbocycles. The van der Waals surface area contributed by atoms with Gasteiger partial charge >= 0.3 is 5.97 Å². The van der Waals surface area contributed by atoms with Crippen LogP contribution in [0.4, 0.5) is 5.69 Å². The minimum absolute atomic E-state index is 0.0890. The van der Waals surface area contributed by atoms with E-state index in [2.05, 4.69) is 4.74 Å². The van der Waals surface area contributed by atoms with Crippen LogP contribution in [0.5, 0.6) is 5.75 Å². The number of benzene rings is 1. The summed E-state index contributed by atoms with van der Waals surface area (Å²) in [6.45, 7) is 1.90. The zero-order valence-electron chi connectivity index (χ0n) is 12.0. The molecule has 110 valence electrons. The maximum atomic E-state index is 11.9. The Kier molecular flexibility index (Phi) is 5.83. The number of ether oxygens (including phenoxy) is 2. The normalized spacial score (nSPS) is 11.6. The Labute approximate surface area is 118 Å². The number of likely N-dealkylation sites (N-methyl/N-ethyl adjacent to an activating group) is 1. The van der Waals surface area contributed by atoms with Gasteiger partial charge in [-0.25, -0.2) is 0 Å². The van der Waals surface area contributed by atoms with E-state index in [0.29, 0.717) is 11.4 Å². The van der Waals surface area contributed by atoms with Gasteiger partial charge in [-0.3, -0.25) is 9.59 Å². The number of carbonyl (C=O) groups is 2. The molecule has 1 unspecified atom stereocenters. The van der Waals surface area contributed by atoms with Crippen LogP contribution in [0.3, 0.4) is 0 Å². The van der Waals surface area contributed by atoms with Crippen LogP contribution in [0.15, 0.2) is 24.3 Å². The van der Waals surface area contributed by atoms with Crippen molar-refractivity contribution >= 4 is 17.6 Å². The molecule has 0 aliphatic heterocycles. The summed E-state index contributed by atoms with van der Waals surface area (Å²) < 4.78 is 9.96. The smallest absolute Gasteiger partial charge is 0.310 e. The second-order valence-corrected chi connectivity index (χ2v) is 4.56. The fraction of sp³-hybridized carbons (Fsp3) is 0.429. The van der Waals surface area contributed by atoms with Gasteiger partial charge in [0.25, 0.3) is 5.91 Å². The highest BCUT2D eigenvalue weighted by Crippen LogP contribution is 2.13. The molecule has 0 saturated heterocycles. The van der Waals surface area contributed by atoms with Gasteiger partial charge in [0, 0.05) is 19.3 Å². The summed E-state index contributed by atoms with van der Waals surface area (Å²) in [5.74, 6) is -0.353. The molecule has 20 heavy (non-hydrogen) atoms. The molecule has 1 amide bonds. The third-order valence-electron chi connectivity index (χ3n) is 2.82. The first-order valence-corrected chi connectivity index (χ1v) is 6.24. The molecular weight excluding hydrogens is 260 g/mol. The van der Waals surface area contributed by atoms with Crippen molar-refractivity contribution in [1.82, 2.24) is 4.90 Å². The van der Waals surface area contributed by atoms with Crippen LogP contribution in [-0.4, -0.2) is 44.1 Å². The number of methoxy groups -OCH3 is 1. The maximum absolute atomic E-state index is 11.9. The van der Waals surface area contributed by atoms with Crippen molar-refractivity contribution in [3.8, 4) is 5.75 Å². The molecule has 0 bridgehead atoms.